The van der Waals surface area contributed by atoms with E-state index >= 15 is 0 Å². The highest BCUT2D eigenvalue weighted by Crippen LogP contribution is 2.28. The van der Waals surface area contributed by atoms with Gasteiger partial charge in [0.15, 0.2) is 5.13 Å². The molecule has 0 bridgehead atoms. The van der Waals surface area contributed by atoms with Gasteiger partial charge >= 0.3 is 6.03 Å². The predicted octanol–water partition coefficient (Wildman–Crippen LogP) is 5.44. The summed E-state index contributed by atoms with van der Waals surface area (Å²) in [5, 5.41) is 11.3. The van der Waals surface area contributed by atoms with Crippen molar-refractivity contribution in [3.8, 4) is 5.69 Å². The van der Waals surface area contributed by atoms with Crippen LogP contribution >= 0.6 is 11.3 Å². The summed E-state index contributed by atoms with van der Waals surface area (Å²) in [6, 6.07) is 9.93. The molecule has 1 saturated heterocycles. The Kier molecular flexibility index (Phi) is 7.82. The highest BCUT2D eigenvalue weighted by atomic mass is 32.1. The molecular weight excluding hydrogens is 472 g/mol. The Morgan fingerprint density at radius 1 is 1.03 bits per heavy atom. The largest absolute Gasteiger partial charge is 0.379 e. The number of nitrogens with zero attached hydrogens (tertiary/aromatic N) is 4. The molecule has 0 atom stereocenters. The first-order valence-electron chi connectivity index (χ1n) is 12.5. The number of thiazole rings is 1. The van der Waals surface area contributed by atoms with Crippen LogP contribution in [0.1, 0.15) is 57.7 Å². The van der Waals surface area contributed by atoms with E-state index in [9.17, 15) is 4.79 Å². The maximum atomic E-state index is 12.9. The maximum absolute atomic E-state index is 12.9. The number of rotatable bonds is 6. The molecule has 1 aliphatic rings. The summed E-state index contributed by atoms with van der Waals surface area (Å²) in [6.45, 7) is 17.4. The molecule has 194 valence electrons. The Morgan fingerprint density at radius 2 is 1.72 bits per heavy atom. The third kappa shape index (κ3) is 6.72. The number of nitrogens with one attached hydrogen (secondary N) is 2. The van der Waals surface area contributed by atoms with Gasteiger partial charge in [-0.05, 0) is 29.5 Å². The molecule has 36 heavy (non-hydrogen) atoms. The number of urea groups is 1. The van der Waals surface area contributed by atoms with Crippen molar-refractivity contribution in [2.45, 2.75) is 58.8 Å². The van der Waals surface area contributed by atoms with Crippen LogP contribution in [0.25, 0.3) is 5.69 Å². The molecule has 0 spiro atoms. The summed E-state index contributed by atoms with van der Waals surface area (Å²) < 4.78 is 7.21. The SMILES string of the molecule is CC(C)(C)c1ccc(-n2nc(C(C)(C)C)cc2NC(=O)Nc2ncc(CCN3CCOCC3)s2)cc1. The van der Waals surface area contributed by atoms with Crippen LogP contribution in [-0.4, -0.2) is 58.5 Å². The number of anilines is 2. The topological polar surface area (TPSA) is 84.3 Å². The number of amides is 2. The summed E-state index contributed by atoms with van der Waals surface area (Å²) in [5.74, 6) is 0.616. The van der Waals surface area contributed by atoms with E-state index in [0.29, 0.717) is 10.9 Å². The Bertz CT molecular complexity index is 1160. The van der Waals surface area contributed by atoms with E-state index in [0.717, 1.165) is 55.5 Å². The Balaban J connectivity index is 1.45. The van der Waals surface area contributed by atoms with Crippen LogP contribution in [-0.2, 0) is 22.0 Å². The molecule has 0 unspecified atom stereocenters. The number of benzene rings is 1. The van der Waals surface area contributed by atoms with E-state index in [1.807, 2.05) is 24.4 Å². The minimum Gasteiger partial charge on any atom is -0.379 e. The fourth-order valence-corrected chi connectivity index (χ4v) is 4.75. The van der Waals surface area contributed by atoms with Gasteiger partial charge in [0.1, 0.15) is 5.82 Å². The van der Waals surface area contributed by atoms with Gasteiger partial charge in [-0.25, -0.2) is 14.5 Å². The molecule has 2 N–H and O–H groups in total. The van der Waals surface area contributed by atoms with E-state index in [1.54, 1.807) is 4.68 Å². The van der Waals surface area contributed by atoms with Crippen LogP contribution in [0.3, 0.4) is 0 Å². The summed E-state index contributed by atoms with van der Waals surface area (Å²) in [4.78, 5) is 20.8. The average Bonchev–Trinajstić information content (AvgIpc) is 3.45. The van der Waals surface area contributed by atoms with E-state index in [2.05, 4.69) is 74.2 Å². The lowest BCUT2D eigenvalue weighted by molar-refractivity contribution is 0.0385. The van der Waals surface area contributed by atoms with Crippen molar-refractivity contribution in [3.05, 3.63) is 52.7 Å². The van der Waals surface area contributed by atoms with Crippen molar-refractivity contribution in [3.63, 3.8) is 0 Å². The lowest BCUT2D eigenvalue weighted by atomic mass is 9.87. The molecule has 0 radical (unpaired) electrons. The van der Waals surface area contributed by atoms with Crippen LogP contribution < -0.4 is 10.6 Å². The lowest BCUT2D eigenvalue weighted by Crippen LogP contribution is -2.37. The Labute approximate surface area is 218 Å². The summed E-state index contributed by atoms with van der Waals surface area (Å²) in [5.41, 5.74) is 2.95. The van der Waals surface area contributed by atoms with Gasteiger partial charge in [-0.15, -0.1) is 11.3 Å². The van der Waals surface area contributed by atoms with E-state index in [4.69, 9.17) is 9.84 Å². The second-order valence-corrected chi connectivity index (χ2v) is 12.4. The third-order valence-corrected chi connectivity index (χ3v) is 7.22. The smallest absolute Gasteiger partial charge is 0.326 e. The van der Waals surface area contributed by atoms with Crippen molar-refractivity contribution >= 4 is 28.3 Å². The van der Waals surface area contributed by atoms with Crippen molar-refractivity contribution in [1.82, 2.24) is 19.7 Å². The van der Waals surface area contributed by atoms with Gasteiger partial charge in [-0.3, -0.25) is 15.5 Å². The number of aromatic nitrogens is 3. The van der Waals surface area contributed by atoms with Gasteiger partial charge in [-0.1, -0.05) is 53.7 Å². The van der Waals surface area contributed by atoms with Gasteiger partial charge in [0.05, 0.1) is 24.6 Å². The molecule has 2 aromatic heterocycles. The van der Waals surface area contributed by atoms with E-state index < -0.39 is 0 Å². The molecule has 0 aliphatic carbocycles. The van der Waals surface area contributed by atoms with Gasteiger partial charge in [0, 0.05) is 42.2 Å². The number of carbonyl (C=O) groups is 1. The first-order chi connectivity index (χ1) is 17.0. The molecule has 1 aliphatic heterocycles. The summed E-state index contributed by atoms with van der Waals surface area (Å²) in [6.07, 6.45) is 2.76. The van der Waals surface area contributed by atoms with Gasteiger partial charge < -0.3 is 4.74 Å². The van der Waals surface area contributed by atoms with Crippen molar-refractivity contribution < 1.29 is 9.53 Å². The minimum atomic E-state index is -0.336. The van der Waals surface area contributed by atoms with E-state index in [1.165, 1.54) is 16.9 Å². The highest BCUT2D eigenvalue weighted by molar-refractivity contribution is 7.15. The predicted molar refractivity (Wildman–Crippen MR) is 147 cm³/mol. The zero-order chi connectivity index (χ0) is 25.9. The average molecular weight is 511 g/mol. The zero-order valence-electron chi connectivity index (χ0n) is 22.2. The third-order valence-electron chi connectivity index (χ3n) is 6.25. The van der Waals surface area contributed by atoms with Gasteiger partial charge in [0.2, 0.25) is 0 Å². The van der Waals surface area contributed by atoms with E-state index in [-0.39, 0.29) is 16.9 Å². The first-order valence-corrected chi connectivity index (χ1v) is 13.3. The van der Waals surface area contributed by atoms with Crippen molar-refractivity contribution in [1.29, 1.82) is 0 Å². The van der Waals surface area contributed by atoms with Crippen molar-refractivity contribution in [2.75, 3.05) is 43.5 Å². The van der Waals surface area contributed by atoms with Crippen LogP contribution in [0.4, 0.5) is 15.7 Å². The summed E-state index contributed by atoms with van der Waals surface area (Å²) in [7, 11) is 0. The molecule has 8 nitrogen and oxygen atoms in total. The number of ether oxygens (including phenoxy) is 1. The Hall–Kier alpha value is -2.75. The first kappa shape index (κ1) is 26.3. The molecule has 1 aromatic carbocycles. The van der Waals surface area contributed by atoms with Crippen LogP contribution in [0.5, 0.6) is 0 Å². The molecule has 9 heteroatoms. The normalized spacial score (nSPS) is 15.2. The lowest BCUT2D eigenvalue weighted by Gasteiger charge is -2.26. The quantitative estimate of drug-likeness (QED) is 0.461. The molecule has 1 fully saturated rings. The van der Waals surface area contributed by atoms with Gasteiger partial charge in [-0.2, -0.15) is 5.10 Å². The van der Waals surface area contributed by atoms with Crippen molar-refractivity contribution in [2.24, 2.45) is 0 Å². The fraction of sp³-hybridized carbons (Fsp3) is 0.519. The second kappa shape index (κ2) is 10.7. The fourth-order valence-electron chi connectivity index (χ4n) is 3.95. The minimum absolute atomic E-state index is 0.0644. The number of hydrogen-bond acceptors (Lipinski definition) is 6. The maximum Gasteiger partial charge on any atom is 0.326 e. The molecule has 3 heterocycles. The Morgan fingerprint density at radius 3 is 2.36 bits per heavy atom. The number of morpholine rings is 1. The molecule has 0 saturated carbocycles. The summed E-state index contributed by atoms with van der Waals surface area (Å²) >= 11 is 1.51. The molecule has 4 rings (SSSR count). The van der Waals surface area contributed by atoms with Crippen LogP contribution in [0.2, 0.25) is 0 Å². The molecule has 3 aromatic rings. The monoisotopic (exact) mass is 510 g/mol. The standard InChI is InChI=1S/C27H38N6O2S/c1-26(2,3)19-7-9-20(10-8-19)33-23(17-22(31-33)27(4,5)6)29-24(34)30-25-28-18-21(36-25)11-12-32-13-15-35-16-14-32/h7-10,17-18H,11-16H2,1-6H3,(H2,28,29,30,34). The van der Waals surface area contributed by atoms with Gasteiger partial charge in [0.25, 0.3) is 0 Å². The van der Waals surface area contributed by atoms with Crippen LogP contribution in [0, 0.1) is 0 Å². The highest BCUT2D eigenvalue weighted by Gasteiger charge is 2.22. The molecule has 2 amide bonds. The molecular formula is C27H38N6O2S. The zero-order valence-corrected chi connectivity index (χ0v) is 23.0. The second-order valence-electron chi connectivity index (χ2n) is 11.3. The van der Waals surface area contributed by atoms with Crippen LogP contribution in [0.15, 0.2) is 36.5 Å². The number of carbonyl (C=O) groups excluding carboxylic acids is 1. The number of hydrogen-bond donors (Lipinski definition) is 2.